The Balaban J connectivity index is 0.00000243. The number of nitrogens with zero attached hydrogens (tertiary/aromatic N) is 1. The molecule has 1 unspecified atom stereocenters. The molecular weight excluding hydrogens is 377 g/mol. The first-order valence-electron chi connectivity index (χ1n) is 8.22. The molecule has 0 spiro atoms. The van der Waals surface area contributed by atoms with Crippen LogP contribution in [0.25, 0.3) is 0 Å². The van der Waals surface area contributed by atoms with Crippen molar-refractivity contribution in [1.82, 2.24) is 15.5 Å². The highest BCUT2D eigenvalue weighted by Gasteiger charge is 2.27. The molecule has 0 saturated carbocycles. The number of nitrogens with one attached hydrogen (secondary N) is 2. The SMILES string of the molecule is Cl.O=C(NCCC(=O)N1CCNCC1c1cccc(F)c1)c1cccs1. The van der Waals surface area contributed by atoms with Crippen LogP contribution < -0.4 is 10.6 Å². The lowest BCUT2D eigenvalue weighted by atomic mass is 10.0. The number of amides is 2. The monoisotopic (exact) mass is 397 g/mol. The van der Waals surface area contributed by atoms with E-state index in [1.807, 2.05) is 17.5 Å². The minimum absolute atomic E-state index is 0. The second-order valence-electron chi connectivity index (χ2n) is 5.85. The average molecular weight is 398 g/mol. The quantitative estimate of drug-likeness (QED) is 0.815. The molecule has 2 amide bonds. The molecule has 140 valence electrons. The standard InChI is InChI=1S/C18H20FN3O2S.ClH/c19-14-4-1-3-13(11-14)15-12-20-8-9-22(15)17(23)6-7-21-18(24)16-5-2-10-25-16;/h1-5,10-11,15,20H,6-9,12H2,(H,21,24);1H. The van der Waals surface area contributed by atoms with Gasteiger partial charge in [0.15, 0.2) is 0 Å². The summed E-state index contributed by atoms with van der Waals surface area (Å²) in [5.74, 6) is -0.509. The van der Waals surface area contributed by atoms with Crippen molar-refractivity contribution in [2.24, 2.45) is 0 Å². The van der Waals surface area contributed by atoms with Crippen LogP contribution in [0.4, 0.5) is 4.39 Å². The van der Waals surface area contributed by atoms with E-state index in [4.69, 9.17) is 0 Å². The molecule has 0 aliphatic carbocycles. The van der Waals surface area contributed by atoms with Gasteiger partial charge in [-0.25, -0.2) is 4.39 Å². The van der Waals surface area contributed by atoms with Gasteiger partial charge in [-0.1, -0.05) is 18.2 Å². The molecule has 1 fully saturated rings. The van der Waals surface area contributed by atoms with Crippen molar-refractivity contribution in [3.8, 4) is 0 Å². The molecule has 1 saturated heterocycles. The third-order valence-corrected chi connectivity index (χ3v) is 5.04. The average Bonchev–Trinajstić information content (AvgIpc) is 3.16. The Kier molecular flexibility index (Phi) is 7.56. The van der Waals surface area contributed by atoms with E-state index in [0.717, 1.165) is 5.56 Å². The predicted molar refractivity (Wildman–Crippen MR) is 102 cm³/mol. The number of carbonyl (C=O) groups is 2. The molecule has 1 aromatic heterocycles. The fourth-order valence-electron chi connectivity index (χ4n) is 2.94. The Morgan fingerprint density at radius 3 is 2.88 bits per heavy atom. The highest BCUT2D eigenvalue weighted by Crippen LogP contribution is 2.23. The summed E-state index contributed by atoms with van der Waals surface area (Å²) in [6.45, 7) is 2.16. The van der Waals surface area contributed by atoms with Gasteiger partial charge in [0.05, 0.1) is 10.9 Å². The minimum Gasteiger partial charge on any atom is -0.351 e. The fraction of sp³-hybridized carbons (Fsp3) is 0.333. The molecule has 26 heavy (non-hydrogen) atoms. The number of thiophene rings is 1. The maximum atomic E-state index is 13.5. The summed E-state index contributed by atoms with van der Waals surface area (Å²) in [6, 6.07) is 9.73. The first kappa shape index (κ1) is 20.4. The summed E-state index contributed by atoms with van der Waals surface area (Å²) < 4.78 is 13.5. The van der Waals surface area contributed by atoms with E-state index in [0.29, 0.717) is 24.5 Å². The zero-order chi connectivity index (χ0) is 17.6. The van der Waals surface area contributed by atoms with Gasteiger partial charge < -0.3 is 15.5 Å². The normalized spacial score (nSPS) is 16.7. The van der Waals surface area contributed by atoms with Gasteiger partial charge in [-0.3, -0.25) is 9.59 Å². The van der Waals surface area contributed by atoms with E-state index in [2.05, 4.69) is 10.6 Å². The lowest BCUT2D eigenvalue weighted by molar-refractivity contribution is -0.134. The van der Waals surface area contributed by atoms with Crippen LogP contribution in [0.5, 0.6) is 0 Å². The Bertz CT molecular complexity index is 742. The summed E-state index contributed by atoms with van der Waals surface area (Å²) in [5.41, 5.74) is 0.781. The largest absolute Gasteiger partial charge is 0.351 e. The Labute approximate surface area is 162 Å². The van der Waals surface area contributed by atoms with Crippen molar-refractivity contribution in [2.45, 2.75) is 12.5 Å². The first-order chi connectivity index (χ1) is 12.1. The van der Waals surface area contributed by atoms with E-state index in [-0.39, 0.29) is 49.0 Å². The smallest absolute Gasteiger partial charge is 0.261 e. The number of rotatable bonds is 5. The third-order valence-electron chi connectivity index (χ3n) is 4.17. The van der Waals surface area contributed by atoms with Gasteiger partial charge in [0, 0.05) is 32.6 Å². The lowest BCUT2D eigenvalue weighted by Crippen LogP contribution is -2.49. The third kappa shape index (κ3) is 5.03. The van der Waals surface area contributed by atoms with E-state index in [9.17, 15) is 14.0 Å². The maximum absolute atomic E-state index is 13.5. The van der Waals surface area contributed by atoms with Gasteiger partial charge in [0.2, 0.25) is 5.91 Å². The van der Waals surface area contributed by atoms with Crippen LogP contribution in [0.2, 0.25) is 0 Å². The summed E-state index contributed by atoms with van der Waals surface area (Å²) in [7, 11) is 0. The van der Waals surface area contributed by atoms with E-state index < -0.39 is 0 Å². The Morgan fingerprint density at radius 2 is 2.15 bits per heavy atom. The zero-order valence-electron chi connectivity index (χ0n) is 14.1. The highest BCUT2D eigenvalue weighted by atomic mass is 35.5. The van der Waals surface area contributed by atoms with Crippen molar-refractivity contribution >= 4 is 35.6 Å². The van der Waals surface area contributed by atoms with Crippen LogP contribution >= 0.6 is 23.7 Å². The summed E-state index contributed by atoms with van der Waals surface area (Å²) in [5, 5.41) is 7.85. The van der Waals surface area contributed by atoms with Crippen molar-refractivity contribution in [3.05, 3.63) is 58.0 Å². The summed E-state index contributed by atoms with van der Waals surface area (Å²) in [6.07, 6.45) is 0.225. The van der Waals surface area contributed by atoms with E-state index in [1.54, 1.807) is 17.0 Å². The van der Waals surface area contributed by atoms with Gasteiger partial charge in [-0.15, -0.1) is 23.7 Å². The molecular formula is C18H21ClFN3O2S. The van der Waals surface area contributed by atoms with Crippen molar-refractivity contribution in [2.75, 3.05) is 26.2 Å². The van der Waals surface area contributed by atoms with Gasteiger partial charge in [-0.05, 0) is 29.1 Å². The molecule has 5 nitrogen and oxygen atoms in total. The van der Waals surface area contributed by atoms with Crippen molar-refractivity contribution in [1.29, 1.82) is 0 Å². The van der Waals surface area contributed by atoms with Crippen LogP contribution in [-0.4, -0.2) is 42.9 Å². The van der Waals surface area contributed by atoms with Gasteiger partial charge in [0.1, 0.15) is 5.82 Å². The van der Waals surface area contributed by atoms with E-state index >= 15 is 0 Å². The number of halogens is 2. The van der Waals surface area contributed by atoms with Crippen LogP contribution in [0.1, 0.15) is 27.7 Å². The topological polar surface area (TPSA) is 61.4 Å². The molecule has 1 aliphatic rings. The van der Waals surface area contributed by atoms with Crippen LogP contribution in [0.15, 0.2) is 41.8 Å². The fourth-order valence-corrected chi connectivity index (χ4v) is 3.58. The second kappa shape index (κ2) is 9.66. The molecule has 0 bridgehead atoms. The molecule has 1 aromatic carbocycles. The Morgan fingerprint density at radius 1 is 1.31 bits per heavy atom. The zero-order valence-corrected chi connectivity index (χ0v) is 15.7. The number of hydrogen-bond acceptors (Lipinski definition) is 4. The van der Waals surface area contributed by atoms with Crippen molar-refractivity contribution < 1.29 is 14.0 Å². The minimum atomic E-state index is -0.307. The van der Waals surface area contributed by atoms with Crippen LogP contribution in [0.3, 0.4) is 0 Å². The Hall–Kier alpha value is -1.96. The highest BCUT2D eigenvalue weighted by molar-refractivity contribution is 7.12. The molecule has 2 N–H and O–H groups in total. The number of piperazine rings is 1. The lowest BCUT2D eigenvalue weighted by Gasteiger charge is -2.36. The molecule has 2 heterocycles. The molecule has 1 atom stereocenters. The van der Waals surface area contributed by atoms with Gasteiger partial charge >= 0.3 is 0 Å². The summed E-state index contributed by atoms with van der Waals surface area (Å²) >= 11 is 1.37. The molecule has 2 aromatic rings. The molecule has 0 radical (unpaired) electrons. The number of benzene rings is 1. The number of hydrogen-bond donors (Lipinski definition) is 2. The molecule has 3 rings (SSSR count). The van der Waals surface area contributed by atoms with Crippen LogP contribution in [-0.2, 0) is 4.79 Å². The summed E-state index contributed by atoms with van der Waals surface area (Å²) in [4.78, 5) is 26.9. The molecule has 8 heteroatoms. The first-order valence-corrected chi connectivity index (χ1v) is 9.10. The van der Waals surface area contributed by atoms with E-state index in [1.165, 1.54) is 23.5 Å². The van der Waals surface area contributed by atoms with Gasteiger partial charge in [0.25, 0.3) is 5.91 Å². The van der Waals surface area contributed by atoms with Gasteiger partial charge in [-0.2, -0.15) is 0 Å². The van der Waals surface area contributed by atoms with Crippen molar-refractivity contribution in [3.63, 3.8) is 0 Å². The predicted octanol–water partition coefficient (Wildman–Crippen LogP) is 2.60. The van der Waals surface area contributed by atoms with Crippen LogP contribution in [0, 0.1) is 5.82 Å². The second-order valence-corrected chi connectivity index (χ2v) is 6.79. The molecule has 1 aliphatic heterocycles. The maximum Gasteiger partial charge on any atom is 0.261 e. The number of carbonyl (C=O) groups excluding carboxylic acids is 2.